The van der Waals surface area contributed by atoms with E-state index in [9.17, 15) is 35.9 Å². The quantitative estimate of drug-likeness (QED) is 0.155. The summed E-state index contributed by atoms with van der Waals surface area (Å²) in [5, 5.41) is 0. The summed E-state index contributed by atoms with van der Waals surface area (Å²) in [4.78, 5) is 34.9. The summed E-state index contributed by atoms with van der Waals surface area (Å²) in [6, 6.07) is 28.7. The van der Waals surface area contributed by atoms with E-state index in [-0.39, 0.29) is 24.7 Å². The first-order valence-electron chi connectivity index (χ1n) is 17.5. The Balaban J connectivity index is 1.10. The number of hydrogen-bond acceptors (Lipinski definition) is 5. The molecule has 2 amide bonds. The van der Waals surface area contributed by atoms with Gasteiger partial charge in [0.25, 0.3) is 0 Å². The van der Waals surface area contributed by atoms with Crippen LogP contribution >= 0.6 is 0 Å². The highest BCUT2D eigenvalue weighted by Crippen LogP contribution is 2.35. The fraction of sp³-hybridized carbons (Fsp3) is 0.350. The highest BCUT2D eigenvalue weighted by Gasteiger charge is 2.33. The van der Waals surface area contributed by atoms with Gasteiger partial charge >= 0.3 is 12.4 Å². The van der Waals surface area contributed by atoms with Crippen molar-refractivity contribution in [3.05, 3.63) is 131 Å². The number of benzene rings is 4. The molecule has 0 saturated carbocycles. The van der Waals surface area contributed by atoms with Gasteiger partial charge in [-0.05, 0) is 59.7 Å². The van der Waals surface area contributed by atoms with E-state index < -0.39 is 35.7 Å². The second-order valence-corrected chi connectivity index (χ2v) is 13.2. The van der Waals surface area contributed by atoms with Crippen molar-refractivity contribution >= 4 is 23.2 Å². The summed E-state index contributed by atoms with van der Waals surface area (Å²) < 4.78 is 84.9. The lowest BCUT2D eigenvalue weighted by Crippen LogP contribution is -2.49. The Labute approximate surface area is 304 Å². The van der Waals surface area contributed by atoms with Gasteiger partial charge in [-0.1, -0.05) is 60.7 Å². The van der Waals surface area contributed by atoms with Crippen LogP contribution in [0.4, 0.5) is 37.7 Å². The van der Waals surface area contributed by atoms with E-state index in [2.05, 4.69) is 0 Å². The van der Waals surface area contributed by atoms with Crippen molar-refractivity contribution < 1.29 is 40.7 Å². The van der Waals surface area contributed by atoms with E-state index in [1.807, 2.05) is 70.5 Å². The lowest BCUT2D eigenvalue weighted by atomic mass is 10.0. The summed E-state index contributed by atoms with van der Waals surface area (Å²) >= 11 is 0. The first-order valence-corrected chi connectivity index (χ1v) is 17.5. The van der Waals surface area contributed by atoms with Gasteiger partial charge in [-0.15, -0.1) is 0 Å². The molecule has 7 nitrogen and oxygen atoms in total. The summed E-state index contributed by atoms with van der Waals surface area (Å²) in [6.07, 6.45) is -10.1. The van der Waals surface area contributed by atoms with Crippen LogP contribution in [0.1, 0.15) is 47.3 Å². The van der Waals surface area contributed by atoms with E-state index in [1.54, 1.807) is 9.80 Å². The van der Waals surface area contributed by atoms with Crippen LogP contribution in [-0.2, 0) is 26.7 Å². The maximum absolute atomic E-state index is 13.7. The van der Waals surface area contributed by atoms with Crippen molar-refractivity contribution in [3.8, 4) is 0 Å². The van der Waals surface area contributed by atoms with Crippen LogP contribution in [0.3, 0.4) is 0 Å². The van der Waals surface area contributed by atoms with Crippen LogP contribution in [0.15, 0.2) is 109 Å². The number of rotatable bonds is 10. The highest BCUT2D eigenvalue weighted by atomic mass is 19.4. The van der Waals surface area contributed by atoms with Crippen molar-refractivity contribution in [2.75, 3.05) is 62.2 Å². The third-order valence-electron chi connectivity index (χ3n) is 9.78. The van der Waals surface area contributed by atoms with E-state index in [0.29, 0.717) is 63.7 Å². The standard InChI is InChI=1S/C40H40F6N4O3/c41-39(42,43)31-11-15-33(16-12-31)47-19-23-49(24-20-47)37(51)27-35(29-7-3-1-4-8-29)53-36(30-9-5-2-6-10-30)28-38(52)50-25-21-48(22-26-50)34-17-13-32(14-18-34)40(44,45)46/h1-18,35-36H,19-28H2. The zero-order chi connectivity index (χ0) is 37.6. The fourth-order valence-electron chi connectivity index (χ4n) is 6.75. The predicted octanol–water partition coefficient (Wildman–Crippen LogP) is 8.00. The number of nitrogens with zero attached hydrogens (tertiary/aromatic N) is 4. The fourth-order valence-corrected chi connectivity index (χ4v) is 6.75. The molecule has 2 saturated heterocycles. The van der Waals surface area contributed by atoms with Crippen LogP contribution < -0.4 is 9.80 Å². The lowest BCUT2D eigenvalue weighted by molar-refractivity contribution is -0.140. The average Bonchev–Trinajstić information content (AvgIpc) is 3.17. The normalized spacial score (nSPS) is 16.7. The van der Waals surface area contributed by atoms with Gasteiger partial charge in [-0.25, -0.2) is 0 Å². The molecule has 0 aromatic heterocycles. The zero-order valence-electron chi connectivity index (χ0n) is 28.9. The Hall–Kier alpha value is -5.04. The molecule has 2 fully saturated rings. The molecule has 0 bridgehead atoms. The van der Waals surface area contributed by atoms with Crippen molar-refractivity contribution in [1.29, 1.82) is 0 Å². The Kier molecular flexibility index (Phi) is 11.6. The third kappa shape index (κ3) is 9.69. The van der Waals surface area contributed by atoms with Crippen molar-refractivity contribution in [3.63, 3.8) is 0 Å². The van der Waals surface area contributed by atoms with Crippen molar-refractivity contribution in [1.82, 2.24) is 9.80 Å². The molecule has 4 aromatic carbocycles. The Morgan fingerprint density at radius 3 is 1.11 bits per heavy atom. The van der Waals surface area contributed by atoms with Crippen LogP contribution in [0.25, 0.3) is 0 Å². The van der Waals surface area contributed by atoms with Crippen LogP contribution in [0.5, 0.6) is 0 Å². The average molecular weight is 739 g/mol. The first-order chi connectivity index (χ1) is 25.3. The third-order valence-corrected chi connectivity index (χ3v) is 9.78. The number of carbonyl (C=O) groups excluding carboxylic acids is 2. The second kappa shape index (κ2) is 16.3. The molecule has 2 aliphatic heterocycles. The van der Waals surface area contributed by atoms with Crippen LogP contribution in [-0.4, -0.2) is 74.0 Å². The Bertz CT molecular complexity index is 1660. The molecule has 13 heteroatoms. The van der Waals surface area contributed by atoms with Gasteiger partial charge in [0.05, 0.1) is 36.2 Å². The molecule has 0 spiro atoms. The van der Waals surface area contributed by atoms with E-state index in [0.717, 1.165) is 35.4 Å². The number of piperazine rings is 2. The molecule has 0 aliphatic carbocycles. The topological polar surface area (TPSA) is 56.3 Å². The van der Waals surface area contributed by atoms with Gasteiger partial charge in [-0.2, -0.15) is 26.3 Å². The minimum Gasteiger partial charge on any atom is -0.368 e. The van der Waals surface area contributed by atoms with E-state index >= 15 is 0 Å². The highest BCUT2D eigenvalue weighted by molar-refractivity contribution is 5.78. The van der Waals surface area contributed by atoms with Gasteiger partial charge in [-0.3, -0.25) is 9.59 Å². The number of halogens is 6. The monoisotopic (exact) mass is 738 g/mol. The van der Waals surface area contributed by atoms with Gasteiger partial charge in [0.15, 0.2) is 0 Å². The van der Waals surface area contributed by atoms with Gasteiger partial charge in [0.2, 0.25) is 11.8 Å². The van der Waals surface area contributed by atoms with Gasteiger partial charge in [0.1, 0.15) is 0 Å². The molecular formula is C40H40F6N4O3. The number of carbonyl (C=O) groups is 2. The van der Waals surface area contributed by atoms with Gasteiger partial charge in [0, 0.05) is 63.7 Å². The largest absolute Gasteiger partial charge is 0.416 e. The van der Waals surface area contributed by atoms with Crippen molar-refractivity contribution in [2.45, 2.75) is 37.4 Å². The summed E-state index contributed by atoms with van der Waals surface area (Å²) in [6.45, 7) is 3.40. The first kappa shape index (κ1) is 37.7. The second-order valence-electron chi connectivity index (χ2n) is 13.2. The Morgan fingerprint density at radius 2 is 0.811 bits per heavy atom. The molecule has 6 rings (SSSR count). The predicted molar refractivity (Wildman–Crippen MR) is 189 cm³/mol. The minimum atomic E-state index is -4.41. The summed E-state index contributed by atoms with van der Waals surface area (Å²) in [5.41, 5.74) is 1.46. The van der Waals surface area contributed by atoms with Crippen LogP contribution in [0, 0.1) is 0 Å². The summed E-state index contributed by atoms with van der Waals surface area (Å²) in [7, 11) is 0. The maximum atomic E-state index is 13.7. The molecular weight excluding hydrogens is 698 g/mol. The molecule has 53 heavy (non-hydrogen) atoms. The lowest BCUT2D eigenvalue weighted by Gasteiger charge is -2.37. The SMILES string of the molecule is O=C(CC(OC(CC(=O)N1CCN(c2ccc(C(F)(F)F)cc2)CC1)c1ccccc1)c1ccccc1)N1CCN(c2ccc(C(F)(F)F)cc2)CC1. The number of alkyl halides is 6. The van der Waals surface area contributed by atoms with E-state index in [4.69, 9.17) is 4.74 Å². The molecule has 4 aromatic rings. The molecule has 2 unspecified atom stereocenters. The summed E-state index contributed by atoms with van der Waals surface area (Å²) in [5.74, 6) is -0.271. The molecule has 2 aliphatic rings. The van der Waals surface area contributed by atoms with Crippen molar-refractivity contribution in [2.24, 2.45) is 0 Å². The van der Waals surface area contributed by atoms with Gasteiger partial charge < -0.3 is 24.3 Å². The zero-order valence-corrected chi connectivity index (χ0v) is 28.9. The Morgan fingerprint density at radius 1 is 0.491 bits per heavy atom. The van der Waals surface area contributed by atoms with Crippen LogP contribution in [0.2, 0.25) is 0 Å². The van der Waals surface area contributed by atoms with E-state index in [1.165, 1.54) is 24.3 Å². The molecule has 2 atom stereocenters. The molecule has 280 valence electrons. The molecule has 0 radical (unpaired) electrons. The maximum Gasteiger partial charge on any atom is 0.416 e. The minimum absolute atomic E-state index is 0.0214. The number of hydrogen-bond donors (Lipinski definition) is 0. The molecule has 2 heterocycles. The number of amides is 2. The number of anilines is 2. The smallest absolute Gasteiger partial charge is 0.368 e. The molecule has 0 N–H and O–H groups in total. The number of ether oxygens (including phenoxy) is 1.